The molecule has 2 rings (SSSR count). The molecule has 0 amide bonds. The lowest BCUT2D eigenvalue weighted by Crippen LogP contribution is -2.38. The third-order valence-electron chi connectivity index (χ3n) is 4.19. The van der Waals surface area contributed by atoms with Crippen molar-refractivity contribution in [3.05, 3.63) is 17.7 Å². The van der Waals surface area contributed by atoms with E-state index in [0.29, 0.717) is 11.6 Å². The minimum atomic E-state index is -1.52. The van der Waals surface area contributed by atoms with Crippen molar-refractivity contribution < 1.29 is 14.8 Å². The van der Waals surface area contributed by atoms with E-state index >= 15 is 0 Å². The van der Waals surface area contributed by atoms with Gasteiger partial charge in [-0.2, -0.15) is 0 Å². The van der Waals surface area contributed by atoms with Gasteiger partial charge in [-0.1, -0.05) is 20.8 Å². The summed E-state index contributed by atoms with van der Waals surface area (Å²) in [5, 5.41) is 19.2. The first-order chi connectivity index (χ1) is 9.82. The summed E-state index contributed by atoms with van der Waals surface area (Å²) < 4.78 is 5.40. The van der Waals surface area contributed by atoms with Crippen LogP contribution >= 0.6 is 0 Å². The summed E-state index contributed by atoms with van der Waals surface area (Å²) in [6, 6.07) is 0. The van der Waals surface area contributed by atoms with Crippen molar-refractivity contribution in [1.82, 2.24) is 9.97 Å². The normalized spacial score (nSPS) is 23.1. The van der Waals surface area contributed by atoms with E-state index in [0.717, 1.165) is 37.2 Å². The lowest BCUT2D eigenvalue weighted by atomic mass is 9.73. The van der Waals surface area contributed by atoms with E-state index in [2.05, 4.69) is 30.7 Å². The lowest BCUT2D eigenvalue weighted by molar-refractivity contribution is 0.0655. The topological polar surface area (TPSA) is 75.5 Å². The standard InChI is InChI=1S/C15H25BN2O3/c1-15(2,3)14-17-9-12(16(19)20)13(18-14)10-5-7-11(21-4)8-6-10/h9-11,19-20H,5-8H2,1-4H3/t10-,11-. The van der Waals surface area contributed by atoms with Gasteiger partial charge in [-0.15, -0.1) is 0 Å². The Labute approximate surface area is 126 Å². The Hall–Kier alpha value is -0.975. The third kappa shape index (κ3) is 3.81. The zero-order valence-electron chi connectivity index (χ0n) is 13.3. The van der Waals surface area contributed by atoms with E-state index in [9.17, 15) is 10.0 Å². The van der Waals surface area contributed by atoms with Gasteiger partial charge >= 0.3 is 7.12 Å². The molecule has 1 aliphatic rings. The molecule has 0 aromatic carbocycles. The van der Waals surface area contributed by atoms with E-state index in [1.54, 1.807) is 13.3 Å². The maximum absolute atomic E-state index is 9.58. The molecule has 0 unspecified atom stereocenters. The van der Waals surface area contributed by atoms with Crippen LogP contribution in [0.5, 0.6) is 0 Å². The first-order valence-electron chi connectivity index (χ1n) is 7.59. The molecule has 0 saturated heterocycles. The molecule has 6 heteroatoms. The molecule has 0 atom stereocenters. The van der Waals surface area contributed by atoms with E-state index in [-0.39, 0.29) is 11.3 Å². The van der Waals surface area contributed by atoms with Gasteiger partial charge in [-0.05, 0) is 25.7 Å². The van der Waals surface area contributed by atoms with Crippen LogP contribution in [0.3, 0.4) is 0 Å². The van der Waals surface area contributed by atoms with Crippen molar-refractivity contribution in [2.75, 3.05) is 7.11 Å². The molecule has 0 aliphatic heterocycles. The predicted octanol–water partition coefficient (Wildman–Crippen LogP) is 1.13. The molecule has 1 fully saturated rings. The van der Waals surface area contributed by atoms with Crippen LogP contribution in [0, 0.1) is 0 Å². The fourth-order valence-electron chi connectivity index (χ4n) is 2.86. The van der Waals surface area contributed by atoms with Gasteiger partial charge in [0.1, 0.15) is 5.82 Å². The monoisotopic (exact) mass is 292 g/mol. The maximum Gasteiger partial charge on any atom is 0.491 e. The molecule has 1 aromatic heterocycles. The first-order valence-corrected chi connectivity index (χ1v) is 7.59. The molecule has 1 aliphatic carbocycles. The predicted molar refractivity (Wildman–Crippen MR) is 82.6 cm³/mol. The SMILES string of the molecule is CO[C@H]1CC[C@H](c2nc(C(C)(C)C)ncc2B(O)O)CC1. The summed E-state index contributed by atoms with van der Waals surface area (Å²) in [4.78, 5) is 8.97. The van der Waals surface area contributed by atoms with Crippen LogP contribution in [0.2, 0.25) is 0 Å². The fourth-order valence-corrected chi connectivity index (χ4v) is 2.86. The van der Waals surface area contributed by atoms with Crippen molar-refractivity contribution in [3.63, 3.8) is 0 Å². The average Bonchev–Trinajstić information content (AvgIpc) is 2.45. The summed E-state index contributed by atoms with van der Waals surface area (Å²) >= 11 is 0. The van der Waals surface area contributed by atoms with Crippen molar-refractivity contribution in [2.24, 2.45) is 0 Å². The summed E-state index contributed by atoms with van der Waals surface area (Å²) in [6.07, 6.45) is 5.76. The first kappa shape index (κ1) is 16.4. The van der Waals surface area contributed by atoms with Gasteiger partial charge in [0.25, 0.3) is 0 Å². The van der Waals surface area contributed by atoms with Crippen molar-refractivity contribution in [2.45, 2.75) is 63.9 Å². The summed E-state index contributed by atoms with van der Waals surface area (Å²) in [7, 11) is 0.227. The zero-order chi connectivity index (χ0) is 15.6. The Balaban J connectivity index is 2.31. The second kappa shape index (κ2) is 6.42. The van der Waals surface area contributed by atoms with E-state index in [1.165, 1.54) is 0 Å². The van der Waals surface area contributed by atoms with Gasteiger partial charge in [-0.25, -0.2) is 9.97 Å². The summed E-state index contributed by atoms with van der Waals surface area (Å²) in [5.74, 6) is 0.994. The summed E-state index contributed by atoms with van der Waals surface area (Å²) in [5.41, 5.74) is 1.07. The molecular weight excluding hydrogens is 267 g/mol. The van der Waals surface area contributed by atoms with Crippen LogP contribution in [0.1, 0.15) is 63.9 Å². The zero-order valence-corrected chi connectivity index (χ0v) is 13.3. The number of rotatable bonds is 3. The minimum absolute atomic E-state index is 0.155. The third-order valence-corrected chi connectivity index (χ3v) is 4.19. The van der Waals surface area contributed by atoms with Crippen LogP contribution in [0.15, 0.2) is 6.20 Å². The molecule has 21 heavy (non-hydrogen) atoms. The second-order valence-corrected chi connectivity index (χ2v) is 6.87. The quantitative estimate of drug-likeness (QED) is 0.817. The molecule has 0 bridgehead atoms. The highest BCUT2D eigenvalue weighted by atomic mass is 16.5. The number of ether oxygens (including phenoxy) is 1. The van der Waals surface area contributed by atoms with Crippen LogP contribution in [-0.2, 0) is 10.2 Å². The molecule has 116 valence electrons. The molecular formula is C15H25BN2O3. The highest BCUT2D eigenvalue weighted by molar-refractivity contribution is 6.59. The molecule has 0 radical (unpaired) electrons. The number of aromatic nitrogens is 2. The van der Waals surface area contributed by atoms with Gasteiger partial charge in [0.2, 0.25) is 0 Å². The Bertz CT molecular complexity index is 480. The minimum Gasteiger partial charge on any atom is -0.423 e. The van der Waals surface area contributed by atoms with Crippen LogP contribution in [0.4, 0.5) is 0 Å². The second-order valence-electron chi connectivity index (χ2n) is 6.87. The molecule has 1 heterocycles. The van der Waals surface area contributed by atoms with Gasteiger partial charge < -0.3 is 14.8 Å². The number of methoxy groups -OCH3 is 1. The molecule has 1 saturated carbocycles. The molecule has 5 nitrogen and oxygen atoms in total. The van der Waals surface area contributed by atoms with Crippen molar-refractivity contribution in [3.8, 4) is 0 Å². The van der Waals surface area contributed by atoms with Crippen LogP contribution < -0.4 is 5.46 Å². The lowest BCUT2D eigenvalue weighted by Gasteiger charge is -2.29. The van der Waals surface area contributed by atoms with Crippen molar-refractivity contribution in [1.29, 1.82) is 0 Å². The van der Waals surface area contributed by atoms with Crippen LogP contribution in [-0.4, -0.2) is 40.3 Å². The van der Waals surface area contributed by atoms with Gasteiger partial charge in [0, 0.05) is 35.8 Å². The highest BCUT2D eigenvalue weighted by Crippen LogP contribution is 2.33. The number of hydrogen-bond acceptors (Lipinski definition) is 5. The largest absolute Gasteiger partial charge is 0.491 e. The maximum atomic E-state index is 9.58. The smallest absolute Gasteiger partial charge is 0.423 e. The summed E-state index contributed by atoms with van der Waals surface area (Å²) in [6.45, 7) is 6.18. The Morgan fingerprint density at radius 2 is 1.81 bits per heavy atom. The van der Waals surface area contributed by atoms with E-state index in [4.69, 9.17) is 4.74 Å². The fraction of sp³-hybridized carbons (Fsp3) is 0.733. The molecule has 2 N–H and O–H groups in total. The molecule has 1 aromatic rings. The van der Waals surface area contributed by atoms with E-state index < -0.39 is 7.12 Å². The van der Waals surface area contributed by atoms with E-state index in [1.807, 2.05) is 0 Å². The van der Waals surface area contributed by atoms with Gasteiger partial charge in [0.15, 0.2) is 0 Å². The average molecular weight is 292 g/mol. The Kier molecular flexibility index (Phi) is 5.01. The number of hydrogen-bond donors (Lipinski definition) is 2. The highest BCUT2D eigenvalue weighted by Gasteiger charge is 2.30. The van der Waals surface area contributed by atoms with Crippen molar-refractivity contribution >= 4 is 12.6 Å². The van der Waals surface area contributed by atoms with Gasteiger partial charge in [-0.3, -0.25) is 0 Å². The van der Waals surface area contributed by atoms with Crippen LogP contribution in [0.25, 0.3) is 0 Å². The Morgan fingerprint density at radius 1 is 1.19 bits per heavy atom. The number of nitrogens with zero attached hydrogens (tertiary/aromatic N) is 2. The Morgan fingerprint density at radius 3 is 2.29 bits per heavy atom. The molecule has 0 spiro atoms. The van der Waals surface area contributed by atoms with Gasteiger partial charge in [0.05, 0.1) is 6.10 Å².